The van der Waals surface area contributed by atoms with E-state index in [1.165, 1.54) is 23.5 Å². The van der Waals surface area contributed by atoms with Crippen LogP contribution in [-0.4, -0.2) is 62.9 Å². The molecule has 2 atom stereocenters. The number of methoxy groups -OCH3 is 1. The molecule has 0 aromatic heterocycles. The fourth-order valence-electron chi connectivity index (χ4n) is 2.75. The summed E-state index contributed by atoms with van der Waals surface area (Å²) in [7, 11) is -2.04. The number of rotatable bonds is 6. The van der Waals surface area contributed by atoms with Gasteiger partial charge in [0.15, 0.2) is 0 Å². The maximum Gasteiger partial charge on any atom is 0.243 e. The molecule has 0 aliphatic carbocycles. The molecule has 1 fully saturated rings. The van der Waals surface area contributed by atoms with Gasteiger partial charge in [-0.1, -0.05) is 20.3 Å². The number of nitrogens with two attached hydrogens (primary N) is 1. The van der Waals surface area contributed by atoms with Crippen molar-refractivity contribution in [2.24, 2.45) is 11.7 Å². The van der Waals surface area contributed by atoms with E-state index < -0.39 is 16.1 Å². The lowest BCUT2D eigenvalue weighted by molar-refractivity contribution is -0.134. The summed E-state index contributed by atoms with van der Waals surface area (Å²) in [6.45, 7) is 5.21. The van der Waals surface area contributed by atoms with E-state index >= 15 is 0 Å². The summed E-state index contributed by atoms with van der Waals surface area (Å²) >= 11 is 0. The quantitative estimate of drug-likeness (QED) is 0.770. The Kier molecular flexibility index (Phi) is 8.33. The molecule has 26 heavy (non-hydrogen) atoms. The Morgan fingerprint density at radius 2 is 1.73 bits per heavy atom. The van der Waals surface area contributed by atoms with Crippen LogP contribution in [0.25, 0.3) is 0 Å². The summed E-state index contributed by atoms with van der Waals surface area (Å²) in [5.74, 6) is 0.609. The van der Waals surface area contributed by atoms with Gasteiger partial charge in [0.2, 0.25) is 15.9 Å². The van der Waals surface area contributed by atoms with Gasteiger partial charge in [-0.05, 0) is 30.2 Å². The Balaban J connectivity index is 0.00000338. The molecule has 1 aliphatic rings. The molecule has 1 saturated heterocycles. The van der Waals surface area contributed by atoms with E-state index in [1.807, 2.05) is 13.8 Å². The van der Waals surface area contributed by atoms with Crippen molar-refractivity contribution in [2.75, 3.05) is 33.3 Å². The van der Waals surface area contributed by atoms with Crippen LogP contribution in [-0.2, 0) is 14.8 Å². The van der Waals surface area contributed by atoms with Gasteiger partial charge >= 0.3 is 0 Å². The van der Waals surface area contributed by atoms with Crippen LogP contribution < -0.4 is 10.5 Å². The van der Waals surface area contributed by atoms with E-state index in [2.05, 4.69) is 0 Å². The van der Waals surface area contributed by atoms with Gasteiger partial charge in [0, 0.05) is 26.2 Å². The van der Waals surface area contributed by atoms with Gasteiger partial charge in [-0.15, -0.1) is 12.4 Å². The molecule has 0 saturated carbocycles. The molecule has 148 valence electrons. The monoisotopic (exact) mass is 405 g/mol. The van der Waals surface area contributed by atoms with Crippen molar-refractivity contribution < 1.29 is 17.9 Å². The van der Waals surface area contributed by atoms with E-state index in [4.69, 9.17) is 10.5 Å². The molecule has 7 nitrogen and oxygen atoms in total. The first-order valence-electron chi connectivity index (χ1n) is 8.49. The van der Waals surface area contributed by atoms with Gasteiger partial charge in [0.1, 0.15) is 5.75 Å². The van der Waals surface area contributed by atoms with E-state index in [0.717, 1.165) is 6.42 Å². The minimum Gasteiger partial charge on any atom is -0.497 e. The fourth-order valence-corrected chi connectivity index (χ4v) is 4.18. The predicted octanol–water partition coefficient (Wildman–Crippen LogP) is 1.32. The maximum atomic E-state index is 12.7. The first kappa shape index (κ1) is 22.7. The van der Waals surface area contributed by atoms with Crippen molar-refractivity contribution in [3.8, 4) is 5.75 Å². The molecule has 0 bridgehead atoms. The molecule has 2 N–H and O–H groups in total. The zero-order valence-electron chi connectivity index (χ0n) is 15.4. The van der Waals surface area contributed by atoms with E-state index in [9.17, 15) is 13.2 Å². The Bertz CT molecular complexity index is 688. The van der Waals surface area contributed by atoms with E-state index in [1.54, 1.807) is 17.0 Å². The molecular formula is C17H28ClN3O4S. The number of ether oxygens (including phenoxy) is 1. The van der Waals surface area contributed by atoms with Crippen LogP contribution >= 0.6 is 12.4 Å². The predicted molar refractivity (Wildman–Crippen MR) is 103 cm³/mol. The standard InChI is InChI=1S/C17H27N3O4S.ClH/c1-4-13(2)16(18)17(21)19-9-11-20(12-10-19)25(22,23)15-7-5-14(24-3)6-8-15;/h5-8,13,16H,4,9-12,18H2,1-3H3;1H. The summed E-state index contributed by atoms with van der Waals surface area (Å²) in [5, 5.41) is 0. The van der Waals surface area contributed by atoms with Crippen molar-refractivity contribution in [2.45, 2.75) is 31.2 Å². The highest BCUT2D eigenvalue weighted by atomic mass is 35.5. The van der Waals surface area contributed by atoms with Crippen LogP contribution in [0.1, 0.15) is 20.3 Å². The Labute approximate surface area is 161 Å². The number of carbonyl (C=O) groups is 1. The highest BCUT2D eigenvalue weighted by Gasteiger charge is 2.32. The van der Waals surface area contributed by atoms with Gasteiger partial charge in [-0.2, -0.15) is 4.31 Å². The third kappa shape index (κ3) is 4.88. The molecular weight excluding hydrogens is 378 g/mol. The number of hydrogen-bond acceptors (Lipinski definition) is 5. The average molecular weight is 406 g/mol. The lowest BCUT2D eigenvalue weighted by atomic mass is 9.99. The third-order valence-corrected chi connectivity index (χ3v) is 6.70. The van der Waals surface area contributed by atoms with Crippen molar-refractivity contribution in [1.82, 2.24) is 9.21 Å². The van der Waals surface area contributed by atoms with Crippen LogP contribution in [0.5, 0.6) is 5.75 Å². The average Bonchev–Trinajstić information content (AvgIpc) is 2.66. The van der Waals surface area contributed by atoms with Gasteiger partial charge in [-0.3, -0.25) is 4.79 Å². The molecule has 1 amide bonds. The minimum absolute atomic E-state index is 0. The molecule has 9 heteroatoms. The lowest BCUT2D eigenvalue weighted by Gasteiger charge is -2.36. The number of carbonyl (C=O) groups excluding carboxylic acids is 1. The van der Waals surface area contributed by atoms with Crippen LogP contribution in [0.3, 0.4) is 0 Å². The SMILES string of the molecule is CCC(C)C(N)C(=O)N1CCN(S(=O)(=O)c2ccc(OC)cc2)CC1.Cl. The second-order valence-corrected chi connectivity index (χ2v) is 8.25. The van der Waals surface area contributed by atoms with E-state index in [0.29, 0.717) is 18.8 Å². The maximum absolute atomic E-state index is 12.7. The second kappa shape index (κ2) is 9.55. The van der Waals surface area contributed by atoms with Crippen LogP contribution in [0.2, 0.25) is 0 Å². The van der Waals surface area contributed by atoms with Crippen LogP contribution in [0.15, 0.2) is 29.2 Å². The molecule has 2 unspecified atom stereocenters. The molecule has 1 aliphatic heterocycles. The lowest BCUT2D eigenvalue weighted by Crippen LogP contribution is -2.55. The number of halogens is 1. The molecule has 0 spiro atoms. The largest absolute Gasteiger partial charge is 0.497 e. The van der Waals surface area contributed by atoms with Crippen LogP contribution in [0.4, 0.5) is 0 Å². The third-order valence-electron chi connectivity index (χ3n) is 4.79. The molecule has 1 aromatic carbocycles. The first-order chi connectivity index (χ1) is 11.8. The Morgan fingerprint density at radius 3 is 2.19 bits per heavy atom. The van der Waals surface area contributed by atoms with E-state index in [-0.39, 0.29) is 42.2 Å². The number of amides is 1. The van der Waals surface area contributed by atoms with Crippen molar-refractivity contribution in [1.29, 1.82) is 0 Å². The summed E-state index contributed by atoms with van der Waals surface area (Å²) in [6.07, 6.45) is 0.832. The van der Waals surface area contributed by atoms with Gasteiger partial charge < -0.3 is 15.4 Å². The molecule has 2 rings (SSSR count). The highest BCUT2D eigenvalue weighted by molar-refractivity contribution is 7.89. The molecule has 1 heterocycles. The summed E-state index contributed by atoms with van der Waals surface area (Å²) in [5.41, 5.74) is 6.01. The number of hydrogen-bond donors (Lipinski definition) is 1. The topological polar surface area (TPSA) is 92.9 Å². The van der Waals surface area contributed by atoms with Crippen molar-refractivity contribution in [3.63, 3.8) is 0 Å². The van der Waals surface area contributed by atoms with Crippen molar-refractivity contribution in [3.05, 3.63) is 24.3 Å². The summed E-state index contributed by atoms with van der Waals surface area (Å²) in [4.78, 5) is 14.3. The van der Waals surface area contributed by atoms with Gasteiger partial charge in [-0.25, -0.2) is 8.42 Å². The van der Waals surface area contributed by atoms with Crippen LogP contribution in [0, 0.1) is 5.92 Å². The minimum atomic E-state index is -3.57. The zero-order valence-corrected chi connectivity index (χ0v) is 17.1. The second-order valence-electron chi connectivity index (χ2n) is 6.32. The van der Waals surface area contributed by atoms with Gasteiger partial charge in [0.25, 0.3) is 0 Å². The Morgan fingerprint density at radius 1 is 1.19 bits per heavy atom. The van der Waals surface area contributed by atoms with Gasteiger partial charge in [0.05, 0.1) is 18.0 Å². The fraction of sp³-hybridized carbons (Fsp3) is 0.588. The number of sulfonamides is 1. The first-order valence-corrected chi connectivity index (χ1v) is 9.93. The zero-order chi connectivity index (χ0) is 18.6. The highest BCUT2D eigenvalue weighted by Crippen LogP contribution is 2.21. The summed E-state index contributed by atoms with van der Waals surface area (Å²) < 4.78 is 31.9. The number of nitrogens with zero attached hydrogens (tertiary/aromatic N) is 2. The molecule has 0 radical (unpaired) electrons. The normalized spacial score (nSPS) is 17.9. The van der Waals surface area contributed by atoms with Crippen molar-refractivity contribution >= 4 is 28.3 Å². The number of benzene rings is 1. The Hall–Kier alpha value is -1.35. The smallest absolute Gasteiger partial charge is 0.243 e. The summed E-state index contributed by atoms with van der Waals surface area (Å²) in [6, 6.07) is 5.78. The molecule has 1 aromatic rings. The number of piperazine rings is 1.